The van der Waals surface area contributed by atoms with Gasteiger partial charge in [0, 0.05) is 22.7 Å². The minimum absolute atomic E-state index is 0.782. The van der Waals surface area contributed by atoms with Gasteiger partial charge in [0.15, 0.2) is 0 Å². The van der Waals surface area contributed by atoms with E-state index in [0.717, 1.165) is 26.6 Å². The van der Waals surface area contributed by atoms with Crippen molar-refractivity contribution in [2.45, 2.75) is 0 Å². The van der Waals surface area contributed by atoms with Crippen molar-refractivity contribution >= 4 is 49.5 Å². The Hall–Kier alpha value is -3.72. The van der Waals surface area contributed by atoms with Crippen LogP contribution in [0.2, 0.25) is 5.02 Å². The molecule has 1 heterocycles. The SMILES string of the molecule is C=C.C=CC=C.CN=C(c1ccc(-c2cccc3ccccc23)cc1)c1sc2ccccc2c1Cl. The van der Waals surface area contributed by atoms with Crippen molar-refractivity contribution < 1.29 is 0 Å². The van der Waals surface area contributed by atoms with Crippen LogP contribution in [0.3, 0.4) is 0 Å². The van der Waals surface area contributed by atoms with E-state index in [-0.39, 0.29) is 0 Å². The molecule has 5 rings (SSSR count). The molecule has 1 nitrogen and oxygen atoms in total. The first-order valence-electron chi connectivity index (χ1n) is 11.1. The van der Waals surface area contributed by atoms with Gasteiger partial charge < -0.3 is 0 Å². The summed E-state index contributed by atoms with van der Waals surface area (Å²) in [6, 6.07) is 31.8. The van der Waals surface area contributed by atoms with Gasteiger partial charge in [-0.05, 0) is 28.0 Å². The quantitative estimate of drug-likeness (QED) is 0.134. The Kier molecular flexibility index (Phi) is 9.37. The predicted octanol–water partition coefficient (Wildman–Crippen LogP) is 10.0. The highest BCUT2D eigenvalue weighted by Crippen LogP contribution is 2.37. The summed E-state index contributed by atoms with van der Waals surface area (Å²) in [6.07, 6.45) is 3.28. The first-order chi connectivity index (χ1) is 17.2. The van der Waals surface area contributed by atoms with Crippen LogP contribution in [0.1, 0.15) is 10.4 Å². The van der Waals surface area contributed by atoms with Crippen molar-refractivity contribution in [2.24, 2.45) is 4.99 Å². The average Bonchev–Trinajstić information content (AvgIpc) is 3.26. The number of thiophene rings is 1. The largest absolute Gasteiger partial charge is 0.287 e. The summed E-state index contributed by atoms with van der Waals surface area (Å²) in [4.78, 5) is 5.60. The summed E-state index contributed by atoms with van der Waals surface area (Å²) < 4.78 is 1.18. The van der Waals surface area contributed by atoms with E-state index in [4.69, 9.17) is 11.6 Å². The molecule has 0 unspecified atom stereocenters. The molecule has 0 N–H and O–H groups in total. The minimum Gasteiger partial charge on any atom is -0.287 e. The normalized spacial score (nSPS) is 10.6. The summed E-state index contributed by atoms with van der Waals surface area (Å²) >= 11 is 8.39. The molecule has 0 saturated heterocycles. The molecule has 5 aromatic rings. The summed E-state index contributed by atoms with van der Waals surface area (Å²) in [5, 5.41) is 4.38. The number of aliphatic imine (C=N–C) groups is 1. The monoisotopic (exact) mass is 493 g/mol. The van der Waals surface area contributed by atoms with Crippen LogP contribution in [0.15, 0.2) is 134 Å². The topological polar surface area (TPSA) is 12.4 Å². The Labute approximate surface area is 217 Å². The Morgan fingerprint density at radius 3 is 2.00 bits per heavy atom. The fraction of sp³-hybridized carbons (Fsp3) is 0.0312. The molecule has 35 heavy (non-hydrogen) atoms. The van der Waals surface area contributed by atoms with Crippen LogP contribution < -0.4 is 0 Å². The van der Waals surface area contributed by atoms with Gasteiger partial charge in [-0.1, -0.05) is 122 Å². The van der Waals surface area contributed by atoms with Crippen LogP contribution >= 0.6 is 22.9 Å². The zero-order chi connectivity index (χ0) is 25.2. The molecule has 0 saturated carbocycles. The molecule has 4 aromatic carbocycles. The van der Waals surface area contributed by atoms with Crippen molar-refractivity contribution in [3.63, 3.8) is 0 Å². The number of nitrogens with zero attached hydrogens (tertiary/aromatic N) is 1. The van der Waals surface area contributed by atoms with Crippen molar-refractivity contribution in [2.75, 3.05) is 7.05 Å². The Morgan fingerprint density at radius 2 is 1.37 bits per heavy atom. The molecule has 0 aliphatic carbocycles. The first-order valence-corrected chi connectivity index (χ1v) is 12.3. The van der Waals surface area contributed by atoms with E-state index >= 15 is 0 Å². The summed E-state index contributed by atoms with van der Waals surface area (Å²) in [5.41, 5.74) is 4.44. The van der Waals surface area contributed by atoms with Gasteiger partial charge in [0.2, 0.25) is 0 Å². The van der Waals surface area contributed by atoms with Crippen LogP contribution in [0.4, 0.5) is 0 Å². The second-order valence-electron chi connectivity index (χ2n) is 7.39. The van der Waals surface area contributed by atoms with Crippen LogP contribution in [-0.4, -0.2) is 12.8 Å². The van der Waals surface area contributed by atoms with E-state index in [1.807, 2.05) is 19.2 Å². The standard InChI is InChI=1S/C26H18ClNS.C4H6.C2H4/c1-28-25(26-24(27)22-10-4-5-12-23(22)29-26)19-15-13-18(14-16-19)21-11-6-8-17-7-2-3-9-20(17)21;1-3-4-2;1-2/h2-16H,1H3;3-4H,1-2H2;1-2H2. The van der Waals surface area contributed by atoms with E-state index in [2.05, 4.69) is 110 Å². The summed E-state index contributed by atoms with van der Waals surface area (Å²) in [7, 11) is 1.83. The maximum atomic E-state index is 6.70. The van der Waals surface area contributed by atoms with Gasteiger partial charge in [-0.2, -0.15) is 0 Å². The molecule has 0 amide bonds. The average molecular weight is 494 g/mol. The van der Waals surface area contributed by atoms with Crippen LogP contribution in [0, 0.1) is 0 Å². The zero-order valence-corrected chi connectivity index (χ0v) is 21.4. The second kappa shape index (κ2) is 12.7. The van der Waals surface area contributed by atoms with Crippen molar-refractivity contribution in [1.29, 1.82) is 0 Å². The van der Waals surface area contributed by atoms with Gasteiger partial charge in [-0.15, -0.1) is 24.5 Å². The Morgan fingerprint density at radius 1 is 0.771 bits per heavy atom. The van der Waals surface area contributed by atoms with Crippen LogP contribution in [-0.2, 0) is 0 Å². The second-order valence-corrected chi connectivity index (χ2v) is 8.82. The third-order valence-electron chi connectivity index (χ3n) is 5.40. The fourth-order valence-electron chi connectivity index (χ4n) is 3.81. The molecule has 0 aliphatic heterocycles. The van der Waals surface area contributed by atoms with Gasteiger partial charge in [0.1, 0.15) is 0 Å². The van der Waals surface area contributed by atoms with Crippen molar-refractivity contribution in [3.8, 4) is 11.1 Å². The number of halogens is 1. The Balaban J connectivity index is 0.000000521. The molecular weight excluding hydrogens is 466 g/mol. The van der Waals surface area contributed by atoms with Gasteiger partial charge >= 0.3 is 0 Å². The summed E-state index contributed by atoms with van der Waals surface area (Å²) in [6.45, 7) is 12.7. The predicted molar refractivity (Wildman–Crippen MR) is 159 cm³/mol. The van der Waals surface area contributed by atoms with E-state index in [0.29, 0.717) is 0 Å². The molecule has 174 valence electrons. The molecule has 3 heteroatoms. The highest BCUT2D eigenvalue weighted by atomic mass is 35.5. The van der Waals surface area contributed by atoms with Crippen LogP contribution in [0.5, 0.6) is 0 Å². The lowest BCUT2D eigenvalue weighted by Gasteiger charge is -2.09. The van der Waals surface area contributed by atoms with E-state index in [1.54, 1.807) is 23.5 Å². The number of hydrogen-bond donors (Lipinski definition) is 0. The third kappa shape index (κ3) is 5.68. The van der Waals surface area contributed by atoms with Gasteiger partial charge in [0.05, 0.1) is 15.6 Å². The molecular formula is C32H28ClNS. The third-order valence-corrected chi connectivity index (χ3v) is 7.08. The minimum atomic E-state index is 0.782. The van der Waals surface area contributed by atoms with Crippen molar-refractivity contribution in [3.05, 3.63) is 145 Å². The first kappa shape index (κ1) is 25.9. The molecule has 0 radical (unpaired) electrons. The molecule has 0 aliphatic rings. The van der Waals surface area contributed by atoms with Gasteiger partial charge in [0.25, 0.3) is 0 Å². The fourth-order valence-corrected chi connectivity index (χ4v) is 5.39. The van der Waals surface area contributed by atoms with Crippen molar-refractivity contribution in [1.82, 2.24) is 0 Å². The lowest BCUT2D eigenvalue weighted by molar-refractivity contribution is 1.43. The number of rotatable bonds is 4. The highest BCUT2D eigenvalue weighted by molar-refractivity contribution is 7.21. The molecule has 0 atom stereocenters. The summed E-state index contributed by atoms with van der Waals surface area (Å²) in [5.74, 6) is 0. The van der Waals surface area contributed by atoms with Gasteiger partial charge in [-0.25, -0.2) is 0 Å². The number of benzene rings is 4. The van der Waals surface area contributed by atoms with E-state index in [9.17, 15) is 0 Å². The van der Waals surface area contributed by atoms with Crippen LogP contribution in [0.25, 0.3) is 32.0 Å². The lowest BCUT2D eigenvalue weighted by Crippen LogP contribution is -2.01. The molecule has 0 spiro atoms. The molecule has 1 aromatic heterocycles. The maximum absolute atomic E-state index is 6.70. The number of allylic oxidation sites excluding steroid dienone is 2. The number of fused-ring (bicyclic) bond motifs is 2. The zero-order valence-electron chi connectivity index (χ0n) is 19.9. The maximum Gasteiger partial charge on any atom is 0.0830 e. The van der Waals surface area contributed by atoms with E-state index < -0.39 is 0 Å². The Bertz CT molecular complexity index is 1460. The van der Waals surface area contributed by atoms with E-state index in [1.165, 1.54) is 26.6 Å². The number of hydrogen-bond acceptors (Lipinski definition) is 2. The lowest BCUT2D eigenvalue weighted by atomic mass is 9.96. The molecule has 0 fully saturated rings. The molecule has 0 bridgehead atoms. The smallest absolute Gasteiger partial charge is 0.0830 e. The highest BCUT2D eigenvalue weighted by Gasteiger charge is 2.16. The van der Waals surface area contributed by atoms with Gasteiger partial charge in [-0.3, -0.25) is 4.99 Å².